The van der Waals surface area contributed by atoms with Gasteiger partial charge in [0.05, 0.1) is 29.7 Å². The van der Waals surface area contributed by atoms with E-state index >= 15 is 0 Å². The average Bonchev–Trinajstić information content (AvgIpc) is 2.78. The van der Waals surface area contributed by atoms with Gasteiger partial charge in [0.1, 0.15) is 11.6 Å². The van der Waals surface area contributed by atoms with E-state index in [-0.39, 0.29) is 23.4 Å². The van der Waals surface area contributed by atoms with E-state index in [1.807, 2.05) is 54.3 Å². The van der Waals surface area contributed by atoms with Gasteiger partial charge in [-0.05, 0) is 50.5 Å². The Hall–Kier alpha value is -3.15. The zero-order valence-electron chi connectivity index (χ0n) is 19.1. The molecule has 0 spiro atoms. The zero-order valence-corrected chi connectivity index (χ0v) is 19.1. The quantitative estimate of drug-likeness (QED) is 0.508. The normalized spacial score (nSPS) is 14.7. The summed E-state index contributed by atoms with van der Waals surface area (Å²) in [5.41, 5.74) is 1.11. The van der Waals surface area contributed by atoms with Crippen LogP contribution in [0.3, 0.4) is 0 Å². The molecule has 1 unspecified atom stereocenters. The first-order valence-electron chi connectivity index (χ1n) is 11.5. The lowest BCUT2D eigenvalue weighted by Crippen LogP contribution is -2.42. The Morgan fingerprint density at radius 1 is 1.19 bits per heavy atom. The Bertz CT molecular complexity index is 1170. The summed E-state index contributed by atoms with van der Waals surface area (Å²) in [4.78, 5) is 33.9. The number of nitrogens with zero attached hydrogens (tertiary/aromatic N) is 3. The third kappa shape index (κ3) is 4.01. The molecule has 168 valence electrons. The van der Waals surface area contributed by atoms with Crippen molar-refractivity contribution in [3.05, 3.63) is 64.7 Å². The van der Waals surface area contributed by atoms with Crippen LogP contribution in [0.1, 0.15) is 57.8 Å². The van der Waals surface area contributed by atoms with E-state index in [0.717, 1.165) is 32.1 Å². The number of fused-ring (bicyclic) bond motifs is 1. The minimum Gasteiger partial charge on any atom is -0.495 e. The monoisotopic (exact) mass is 433 g/mol. The van der Waals surface area contributed by atoms with Gasteiger partial charge in [0.15, 0.2) is 0 Å². The number of aromatic nitrogens is 2. The van der Waals surface area contributed by atoms with Crippen LogP contribution in [0.2, 0.25) is 0 Å². The highest BCUT2D eigenvalue weighted by Crippen LogP contribution is 2.33. The molecule has 1 aromatic heterocycles. The van der Waals surface area contributed by atoms with E-state index in [0.29, 0.717) is 34.7 Å². The molecule has 6 nitrogen and oxygen atoms in total. The largest absolute Gasteiger partial charge is 0.495 e. The molecule has 0 radical (unpaired) electrons. The number of carbonyl (C=O) groups is 1. The summed E-state index contributed by atoms with van der Waals surface area (Å²) >= 11 is 0. The van der Waals surface area contributed by atoms with Gasteiger partial charge in [0.25, 0.3) is 5.56 Å². The van der Waals surface area contributed by atoms with E-state index in [1.165, 1.54) is 0 Å². The van der Waals surface area contributed by atoms with Gasteiger partial charge in [-0.25, -0.2) is 4.98 Å². The van der Waals surface area contributed by atoms with E-state index in [9.17, 15) is 9.59 Å². The molecule has 0 bridgehead atoms. The Labute approximate surface area is 188 Å². The molecule has 1 atom stereocenters. The van der Waals surface area contributed by atoms with Gasteiger partial charge in [-0.2, -0.15) is 0 Å². The minimum atomic E-state index is -0.350. The van der Waals surface area contributed by atoms with Crippen molar-refractivity contribution in [2.24, 2.45) is 5.92 Å². The molecule has 32 heavy (non-hydrogen) atoms. The van der Waals surface area contributed by atoms with Gasteiger partial charge in [-0.1, -0.05) is 44.0 Å². The number of ether oxygens (including phenoxy) is 1. The molecule has 1 aliphatic rings. The number of amides is 1. The van der Waals surface area contributed by atoms with Crippen molar-refractivity contribution in [1.82, 2.24) is 14.5 Å². The molecule has 0 saturated heterocycles. The lowest BCUT2D eigenvalue weighted by atomic mass is 9.84. The van der Waals surface area contributed by atoms with E-state index < -0.39 is 0 Å². The van der Waals surface area contributed by atoms with Crippen LogP contribution in [-0.4, -0.2) is 34.0 Å². The van der Waals surface area contributed by atoms with Crippen LogP contribution in [0.15, 0.2) is 53.3 Å². The second-order valence-electron chi connectivity index (χ2n) is 8.49. The van der Waals surface area contributed by atoms with Gasteiger partial charge < -0.3 is 9.64 Å². The molecular weight excluding hydrogens is 402 g/mol. The second-order valence-corrected chi connectivity index (χ2v) is 8.49. The molecule has 1 amide bonds. The third-order valence-corrected chi connectivity index (χ3v) is 6.46. The molecule has 2 aromatic carbocycles. The first kappa shape index (κ1) is 22.1. The van der Waals surface area contributed by atoms with Crippen molar-refractivity contribution in [2.45, 2.75) is 52.0 Å². The minimum absolute atomic E-state index is 0.0844. The second kappa shape index (κ2) is 9.55. The van der Waals surface area contributed by atoms with Crippen molar-refractivity contribution < 1.29 is 9.53 Å². The van der Waals surface area contributed by atoms with Gasteiger partial charge >= 0.3 is 0 Å². The molecule has 1 fully saturated rings. The fourth-order valence-electron chi connectivity index (χ4n) is 4.33. The number of methoxy groups -OCH3 is 1. The predicted octanol–water partition coefficient (Wildman–Crippen LogP) is 4.88. The lowest BCUT2D eigenvalue weighted by molar-refractivity contribution is -0.140. The van der Waals surface area contributed by atoms with Crippen molar-refractivity contribution in [1.29, 1.82) is 0 Å². The smallest absolute Gasteiger partial charge is 0.266 e. The van der Waals surface area contributed by atoms with E-state index in [1.54, 1.807) is 17.7 Å². The average molecular weight is 434 g/mol. The van der Waals surface area contributed by atoms with Crippen LogP contribution >= 0.6 is 0 Å². The number of hydrogen-bond donors (Lipinski definition) is 0. The molecule has 6 heteroatoms. The number of unbranched alkanes of at least 4 members (excludes halogenated alkanes) is 1. The summed E-state index contributed by atoms with van der Waals surface area (Å²) in [5.74, 6) is 1.40. The molecule has 0 N–H and O–H groups in total. The zero-order chi connectivity index (χ0) is 22.7. The summed E-state index contributed by atoms with van der Waals surface area (Å²) in [7, 11) is 1.59. The maximum absolute atomic E-state index is 13.7. The Morgan fingerprint density at radius 2 is 1.91 bits per heavy atom. The maximum Gasteiger partial charge on any atom is 0.266 e. The molecule has 0 aliphatic heterocycles. The van der Waals surface area contributed by atoms with E-state index in [4.69, 9.17) is 9.72 Å². The third-order valence-electron chi connectivity index (χ3n) is 6.46. The summed E-state index contributed by atoms with van der Waals surface area (Å²) in [6, 6.07) is 14.5. The van der Waals surface area contributed by atoms with Crippen molar-refractivity contribution in [3.8, 4) is 11.4 Å². The Kier molecular flexibility index (Phi) is 6.58. The first-order chi connectivity index (χ1) is 15.6. The summed E-state index contributed by atoms with van der Waals surface area (Å²) in [6.07, 6.45) is 4.89. The summed E-state index contributed by atoms with van der Waals surface area (Å²) in [6.45, 7) is 4.76. The van der Waals surface area contributed by atoms with Crippen LogP contribution in [-0.2, 0) is 4.79 Å². The standard InChI is InChI=1S/C26H31N3O3/c1-4-5-17-28(25(30)19-11-10-12-19)18(2)24-27-21-14-7-6-13-20(21)26(31)29(24)22-15-8-9-16-23(22)32-3/h6-9,13-16,18-19H,4-5,10-12,17H2,1-3H3. The van der Waals surface area contributed by atoms with Gasteiger partial charge in [-0.15, -0.1) is 0 Å². The number of benzene rings is 2. The SMILES string of the molecule is CCCCN(C(=O)C1CCC1)C(C)c1nc2ccccc2c(=O)n1-c1ccccc1OC. The highest BCUT2D eigenvalue weighted by molar-refractivity contribution is 5.81. The molecule has 3 aromatic rings. The van der Waals surface area contributed by atoms with Crippen molar-refractivity contribution >= 4 is 16.8 Å². The van der Waals surface area contributed by atoms with Crippen molar-refractivity contribution in [3.63, 3.8) is 0 Å². The Balaban J connectivity index is 1.91. The highest BCUT2D eigenvalue weighted by atomic mass is 16.5. The molecular formula is C26H31N3O3. The predicted molar refractivity (Wildman–Crippen MR) is 126 cm³/mol. The van der Waals surface area contributed by atoms with Crippen LogP contribution in [0.4, 0.5) is 0 Å². The fourth-order valence-corrected chi connectivity index (χ4v) is 4.33. The van der Waals surface area contributed by atoms with Crippen LogP contribution in [0.5, 0.6) is 5.75 Å². The van der Waals surface area contributed by atoms with Gasteiger partial charge in [0, 0.05) is 12.5 Å². The van der Waals surface area contributed by atoms with Crippen LogP contribution in [0.25, 0.3) is 16.6 Å². The first-order valence-corrected chi connectivity index (χ1v) is 11.5. The summed E-state index contributed by atoms with van der Waals surface area (Å²) in [5, 5.41) is 0.541. The maximum atomic E-state index is 13.7. The van der Waals surface area contributed by atoms with E-state index in [2.05, 4.69) is 6.92 Å². The van der Waals surface area contributed by atoms with Crippen molar-refractivity contribution in [2.75, 3.05) is 13.7 Å². The van der Waals surface area contributed by atoms with Crippen LogP contribution < -0.4 is 10.3 Å². The molecule has 1 aliphatic carbocycles. The Morgan fingerprint density at radius 3 is 2.59 bits per heavy atom. The number of hydrogen-bond acceptors (Lipinski definition) is 4. The fraction of sp³-hybridized carbons (Fsp3) is 0.423. The van der Waals surface area contributed by atoms with Gasteiger partial charge in [-0.3, -0.25) is 14.2 Å². The summed E-state index contributed by atoms with van der Waals surface area (Å²) < 4.78 is 7.19. The number of rotatable bonds is 8. The number of para-hydroxylation sites is 3. The highest BCUT2D eigenvalue weighted by Gasteiger charge is 2.34. The van der Waals surface area contributed by atoms with Gasteiger partial charge in [0.2, 0.25) is 5.91 Å². The van der Waals surface area contributed by atoms with Crippen LogP contribution in [0, 0.1) is 5.92 Å². The number of carbonyl (C=O) groups excluding carboxylic acids is 1. The molecule has 4 rings (SSSR count). The lowest BCUT2D eigenvalue weighted by Gasteiger charge is -2.36. The topological polar surface area (TPSA) is 64.4 Å². The molecule has 1 heterocycles. The molecule has 1 saturated carbocycles.